The lowest BCUT2D eigenvalue weighted by atomic mass is 10.2. The highest BCUT2D eigenvalue weighted by molar-refractivity contribution is 5.57. The van der Waals surface area contributed by atoms with Gasteiger partial charge < -0.3 is 9.09 Å². The first-order valence-corrected chi connectivity index (χ1v) is 5.35. The fourth-order valence-electron chi connectivity index (χ4n) is 1.72. The number of aryl methyl sites for hydroxylation is 1. The molecule has 4 heteroatoms. The highest BCUT2D eigenvalue weighted by atomic mass is 16.5. The third-order valence-electron chi connectivity index (χ3n) is 2.62. The van der Waals surface area contributed by atoms with E-state index in [-0.39, 0.29) is 0 Å². The van der Waals surface area contributed by atoms with Gasteiger partial charge in [-0.15, -0.1) is 0 Å². The molecule has 3 aromatic rings. The van der Waals surface area contributed by atoms with E-state index in [1.807, 2.05) is 60.3 Å². The molecule has 4 nitrogen and oxygen atoms in total. The van der Waals surface area contributed by atoms with Crippen molar-refractivity contribution >= 4 is 0 Å². The first-order valence-electron chi connectivity index (χ1n) is 5.35. The molecule has 17 heavy (non-hydrogen) atoms. The van der Waals surface area contributed by atoms with Crippen molar-refractivity contribution < 1.29 is 4.52 Å². The maximum absolute atomic E-state index is 5.26. The van der Waals surface area contributed by atoms with Crippen molar-refractivity contribution in [1.82, 2.24) is 14.7 Å². The van der Waals surface area contributed by atoms with E-state index >= 15 is 0 Å². The molecule has 0 atom stereocenters. The van der Waals surface area contributed by atoms with Crippen LogP contribution in [0.25, 0.3) is 23.0 Å². The Hall–Kier alpha value is -2.36. The zero-order chi connectivity index (χ0) is 11.7. The molecular weight excluding hydrogens is 214 g/mol. The van der Waals surface area contributed by atoms with Crippen LogP contribution >= 0.6 is 0 Å². The number of hydrogen-bond donors (Lipinski definition) is 0. The predicted octanol–water partition coefficient (Wildman–Crippen LogP) is 2.74. The number of rotatable bonds is 2. The molecule has 0 saturated carbocycles. The quantitative estimate of drug-likeness (QED) is 0.673. The van der Waals surface area contributed by atoms with Gasteiger partial charge >= 0.3 is 0 Å². The fraction of sp³-hybridized carbons (Fsp3) is 0.0769. The average Bonchev–Trinajstić information content (AvgIpc) is 2.98. The van der Waals surface area contributed by atoms with Gasteiger partial charge in [0.15, 0.2) is 0 Å². The number of aromatic nitrogens is 3. The first-order chi connectivity index (χ1) is 8.34. The minimum atomic E-state index is 0.538. The zero-order valence-corrected chi connectivity index (χ0v) is 9.37. The Morgan fingerprint density at radius 2 is 1.88 bits per heavy atom. The summed E-state index contributed by atoms with van der Waals surface area (Å²) < 4.78 is 7.21. The van der Waals surface area contributed by atoms with Gasteiger partial charge in [-0.2, -0.15) is 4.98 Å². The molecule has 3 rings (SSSR count). The maximum atomic E-state index is 5.26. The van der Waals surface area contributed by atoms with Gasteiger partial charge in [-0.25, -0.2) is 0 Å². The molecule has 0 aliphatic carbocycles. The van der Waals surface area contributed by atoms with Crippen molar-refractivity contribution in [2.45, 2.75) is 0 Å². The van der Waals surface area contributed by atoms with E-state index in [2.05, 4.69) is 10.1 Å². The number of hydrogen-bond acceptors (Lipinski definition) is 3. The Morgan fingerprint density at radius 1 is 1.06 bits per heavy atom. The Balaban J connectivity index is 2.02. The van der Waals surface area contributed by atoms with Crippen molar-refractivity contribution in [2.75, 3.05) is 0 Å². The van der Waals surface area contributed by atoms with E-state index in [9.17, 15) is 0 Å². The molecule has 0 aliphatic rings. The third kappa shape index (κ3) is 1.73. The Labute approximate surface area is 98.5 Å². The Morgan fingerprint density at radius 3 is 2.59 bits per heavy atom. The molecule has 0 aliphatic heterocycles. The molecule has 0 N–H and O–H groups in total. The fourth-order valence-corrected chi connectivity index (χ4v) is 1.72. The molecule has 0 unspecified atom stereocenters. The summed E-state index contributed by atoms with van der Waals surface area (Å²) in [5.41, 5.74) is 1.87. The SMILES string of the molecule is Cn1cccc1-c1nc(-c2ccccc2)no1. The van der Waals surface area contributed by atoms with E-state index in [1.165, 1.54) is 0 Å². The van der Waals surface area contributed by atoms with Crippen molar-refractivity contribution in [2.24, 2.45) is 7.05 Å². The van der Waals surface area contributed by atoms with E-state index < -0.39 is 0 Å². The lowest BCUT2D eigenvalue weighted by molar-refractivity contribution is 0.429. The van der Waals surface area contributed by atoms with Gasteiger partial charge in [0, 0.05) is 18.8 Å². The molecule has 0 bridgehead atoms. The van der Waals surface area contributed by atoms with Crippen molar-refractivity contribution in [3.8, 4) is 23.0 Å². The molecular formula is C13H11N3O. The maximum Gasteiger partial charge on any atom is 0.274 e. The van der Waals surface area contributed by atoms with Crippen molar-refractivity contribution in [3.05, 3.63) is 48.7 Å². The van der Waals surface area contributed by atoms with E-state index in [1.54, 1.807) is 0 Å². The van der Waals surface area contributed by atoms with Crippen LogP contribution in [0.3, 0.4) is 0 Å². The lowest BCUT2D eigenvalue weighted by Gasteiger charge is -1.94. The average molecular weight is 225 g/mol. The molecule has 84 valence electrons. The summed E-state index contributed by atoms with van der Waals surface area (Å²) in [5, 5.41) is 3.98. The second-order valence-corrected chi connectivity index (χ2v) is 3.79. The summed E-state index contributed by atoms with van der Waals surface area (Å²) in [7, 11) is 1.95. The Bertz CT molecular complexity index is 625. The van der Waals surface area contributed by atoms with Crippen molar-refractivity contribution in [3.63, 3.8) is 0 Å². The van der Waals surface area contributed by atoms with Gasteiger partial charge in [-0.05, 0) is 12.1 Å². The summed E-state index contributed by atoms with van der Waals surface area (Å²) in [6, 6.07) is 13.7. The standard InChI is InChI=1S/C13H11N3O/c1-16-9-5-8-11(16)13-14-12(15-17-13)10-6-3-2-4-7-10/h2-9H,1H3. The smallest absolute Gasteiger partial charge is 0.274 e. The first kappa shape index (κ1) is 9.84. The summed E-state index contributed by atoms with van der Waals surface area (Å²) in [6.07, 6.45) is 1.95. The molecule has 2 aromatic heterocycles. The summed E-state index contributed by atoms with van der Waals surface area (Å²) in [4.78, 5) is 4.39. The second kappa shape index (κ2) is 3.90. The zero-order valence-electron chi connectivity index (χ0n) is 9.37. The van der Waals surface area contributed by atoms with Crippen LogP contribution in [0.2, 0.25) is 0 Å². The van der Waals surface area contributed by atoms with Crippen LogP contribution in [0, 0.1) is 0 Å². The number of nitrogens with zero attached hydrogens (tertiary/aromatic N) is 3. The molecule has 0 fully saturated rings. The lowest BCUT2D eigenvalue weighted by Crippen LogP contribution is -1.89. The molecule has 0 spiro atoms. The molecule has 2 heterocycles. The van der Waals surface area contributed by atoms with E-state index in [4.69, 9.17) is 4.52 Å². The predicted molar refractivity (Wildman–Crippen MR) is 64.1 cm³/mol. The molecule has 1 aromatic carbocycles. The van der Waals surface area contributed by atoms with Crippen LogP contribution in [0.5, 0.6) is 0 Å². The summed E-state index contributed by atoms with van der Waals surface area (Å²) in [6.45, 7) is 0. The van der Waals surface area contributed by atoms with Crippen LogP contribution in [0.1, 0.15) is 0 Å². The third-order valence-corrected chi connectivity index (χ3v) is 2.62. The van der Waals surface area contributed by atoms with Crippen LogP contribution < -0.4 is 0 Å². The molecule has 0 radical (unpaired) electrons. The topological polar surface area (TPSA) is 43.9 Å². The molecule has 0 saturated heterocycles. The number of benzene rings is 1. The van der Waals surface area contributed by atoms with Gasteiger partial charge in [0.1, 0.15) is 5.69 Å². The van der Waals surface area contributed by atoms with Gasteiger partial charge in [0.2, 0.25) is 5.82 Å². The van der Waals surface area contributed by atoms with Crippen LogP contribution in [-0.2, 0) is 7.05 Å². The highest BCUT2D eigenvalue weighted by Crippen LogP contribution is 2.21. The minimum Gasteiger partial charge on any atom is -0.347 e. The summed E-state index contributed by atoms with van der Waals surface area (Å²) >= 11 is 0. The highest BCUT2D eigenvalue weighted by Gasteiger charge is 2.11. The van der Waals surface area contributed by atoms with E-state index in [0.717, 1.165) is 11.3 Å². The van der Waals surface area contributed by atoms with Gasteiger partial charge in [-0.1, -0.05) is 35.5 Å². The van der Waals surface area contributed by atoms with Gasteiger partial charge in [-0.3, -0.25) is 0 Å². The van der Waals surface area contributed by atoms with E-state index in [0.29, 0.717) is 11.7 Å². The second-order valence-electron chi connectivity index (χ2n) is 3.79. The van der Waals surface area contributed by atoms with Crippen LogP contribution in [0.15, 0.2) is 53.2 Å². The van der Waals surface area contributed by atoms with Crippen molar-refractivity contribution in [1.29, 1.82) is 0 Å². The van der Waals surface area contributed by atoms with Gasteiger partial charge in [0.05, 0.1) is 0 Å². The minimum absolute atomic E-state index is 0.538. The van der Waals surface area contributed by atoms with Crippen LogP contribution in [0.4, 0.5) is 0 Å². The normalized spacial score (nSPS) is 10.6. The van der Waals surface area contributed by atoms with Gasteiger partial charge in [0.25, 0.3) is 5.89 Å². The summed E-state index contributed by atoms with van der Waals surface area (Å²) in [5.74, 6) is 1.15. The van der Waals surface area contributed by atoms with Crippen LogP contribution in [-0.4, -0.2) is 14.7 Å². The Kier molecular flexibility index (Phi) is 2.26. The molecule has 0 amide bonds. The monoisotopic (exact) mass is 225 g/mol. The largest absolute Gasteiger partial charge is 0.347 e.